The van der Waals surface area contributed by atoms with Gasteiger partial charge < -0.3 is 4.74 Å². The van der Waals surface area contributed by atoms with E-state index in [2.05, 4.69) is 36.4 Å². The van der Waals surface area contributed by atoms with E-state index >= 15 is 0 Å². The van der Waals surface area contributed by atoms with Crippen LogP contribution in [0.2, 0.25) is 0 Å². The molecule has 104 valence electrons. The van der Waals surface area contributed by atoms with Crippen LogP contribution < -0.4 is 0 Å². The summed E-state index contributed by atoms with van der Waals surface area (Å²) in [7, 11) is 1.46. The predicted octanol–water partition coefficient (Wildman–Crippen LogP) is 3.68. The highest BCUT2D eigenvalue weighted by molar-refractivity contribution is 5.94. The quantitative estimate of drug-likeness (QED) is 0.782. The zero-order chi connectivity index (χ0) is 13.9. The summed E-state index contributed by atoms with van der Waals surface area (Å²) >= 11 is 0. The summed E-state index contributed by atoms with van der Waals surface area (Å²) in [5, 5.41) is 0. The number of fused-ring (bicyclic) bond motifs is 1. The van der Waals surface area contributed by atoms with Crippen molar-refractivity contribution in [2.24, 2.45) is 11.8 Å². The van der Waals surface area contributed by atoms with E-state index in [1.54, 1.807) is 0 Å². The second-order valence-corrected chi connectivity index (χ2v) is 5.69. The van der Waals surface area contributed by atoms with Crippen LogP contribution in [0, 0.1) is 11.8 Å². The van der Waals surface area contributed by atoms with Crippen molar-refractivity contribution < 1.29 is 9.53 Å². The molecule has 20 heavy (non-hydrogen) atoms. The molecule has 3 rings (SSSR count). The first kappa shape index (κ1) is 13.2. The number of esters is 1. The minimum absolute atomic E-state index is 0.179. The maximum absolute atomic E-state index is 11.8. The van der Waals surface area contributed by atoms with Gasteiger partial charge in [-0.3, -0.25) is 0 Å². The van der Waals surface area contributed by atoms with Gasteiger partial charge in [-0.05, 0) is 48.7 Å². The molecule has 0 amide bonds. The molecule has 0 saturated carbocycles. The van der Waals surface area contributed by atoms with Crippen LogP contribution in [-0.2, 0) is 16.0 Å². The molecule has 2 heteroatoms. The topological polar surface area (TPSA) is 26.3 Å². The molecule has 0 N–H and O–H groups in total. The Morgan fingerprint density at radius 2 is 2.10 bits per heavy atom. The number of hydrogen-bond acceptors (Lipinski definition) is 2. The largest absolute Gasteiger partial charge is 0.465 e. The lowest BCUT2D eigenvalue weighted by atomic mass is 9.85. The average molecular weight is 268 g/mol. The molecular weight excluding hydrogens is 248 g/mol. The highest BCUT2D eigenvalue weighted by atomic mass is 16.5. The summed E-state index contributed by atoms with van der Waals surface area (Å²) in [6.07, 6.45) is 8.73. The molecule has 1 unspecified atom stereocenters. The lowest BCUT2D eigenvalue weighted by Crippen LogP contribution is -2.15. The molecule has 0 saturated heterocycles. The smallest absolute Gasteiger partial charge is 0.337 e. The molecule has 2 atom stereocenters. The molecule has 0 bridgehead atoms. The van der Waals surface area contributed by atoms with E-state index in [0.29, 0.717) is 11.8 Å². The molecule has 0 heterocycles. The van der Waals surface area contributed by atoms with Gasteiger partial charge in [-0.2, -0.15) is 0 Å². The Morgan fingerprint density at radius 1 is 1.30 bits per heavy atom. The lowest BCUT2D eigenvalue weighted by molar-refractivity contribution is -0.135. The highest BCUT2D eigenvalue weighted by Gasteiger charge is 2.33. The van der Waals surface area contributed by atoms with Gasteiger partial charge in [0.25, 0.3) is 0 Å². The van der Waals surface area contributed by atoms with Crippen LogP contribution in [0.1, 0.15) is 24.8 Å². The molecule has 2 nitrogen and oxygen atoms in total. The van der Waals surface area contributed by atoms with E-state index in [9.17, 15) is 4.79 Å². The van der Waals surface area contributed by atoms with E-state index in [4.69, 9.17) is 4.74 Å². The molecule has 0 radical (unpaired) electrons. The van der Waals surface area contributed by atoms with E-state index in [1.165, 1.54) is 24.7 Å². The average Bonchev–Trinajstić information content (AvgIpc) is 2.89. The van der Waals surface area contributed by atoms with Gasteiger partial charge >= 0.3 is 5.97 Å². The number of benzene rings is 1. The first-order valence-corrected chi connectivity index (χ1v) is 7.32. The van der Waals surface area contributed by atoms with Gasteiger partial charge in [0.15, 0.2) is 0 Å². The van der Waals surface area contributed by atoms with Gasteiger partial charge in [0, 0.05) is 0 Å². The van der Waals surface area contributed by atoms with E-state index in [0.717, 1.165) is 24.8 Å². The van der Waals surface area contributed by atoms with Crippen molar-refractivity contribution in [3.63, 3.8) is 0 Å². The van der Waals surface area contributed by atoms with Crippen LogP contribution in [0.3, 0.4) is 0 Å². The van der Waals surface area contributed by atoms with Crippen molar-refractivity contribution in [3.8, 4) is 0 Å². The Bertz CT molecular complexity index is 554. The van der Waals surface area contributed by atoms with E-state index < -0.39 is 0 Å². The fraction of sp³-hybridized carbons (Fsp3) is 0.389. The number of carbonyl (C=O) groups excluding carboxylic acids is 1. The second kappa shape index (κ2) is 5.66. The maximum Gasteiger partial charge on any atom is 0.337 e. The standard InChI is InChI=1S/C18H20O2/c1-20-18(19)16-9-5-8-15-11-14(12-17(15)16)10-13-6-3-2-4-7-13/h2-4,6-7,9,12,14-15H,5,8,10-11H2,1H3/t14?,15-/m0/s1. The van der Waals surface area contributed by atoms with E-state index in [-0.39, 0.29) is 5.97 Å². The number of allylic oxidation sites excluding steroid dienone is 2. The minimum Gasteiger partial charge on any atom is -0.465 e. The Balaban J connectivity index is 1.77. The normalized spacial score (nSPS) is 24.6. The third kappa shape index (κ3) is 2.55. The summed E-state index contributed by atoms with van der Waals surface area (Å²) < 4.78 is 4.90. The van der Waals surface area contributed by atoms with Crippen LogP contribution in [-0.4, -0.2) is 13.1 Å². The fourth-order valence-corrected chi connectivity index (χ4v) is 3.45. The monoisotopic (exact) mass is 268 g/mol. The number of carbonyl (C=O) groups is 1. The molecular formula is C18H20O2. The van der Waals surface area contributed by atoms with Crippen molar-refractivity contribution in [3.05, 3.63) is 59.2 Å². The van der Waals surface area contributed by atoms with Crippen molar-refractivity contribution in [2.45, 2.75) is 25.7 Å². The minimum atomic E-state index is -0.179. The third-order valence-corrected chi connectivity index (χ3v) is 4.36. The second-order valence-electron chi connectivity index (χ2n) is 5.69. The van der Waals surface area contributed by atoms with Gasteiger partial charge in [0.05, 0.1) is 12.7 Å². The van der Waals surface area contributed by atoms with Crippen LogP contribution >= 0.6 is 0 Å². The Hall–Kier alpha value is -1.83. The Labute approximate surface area is 120 Å². The Morgan fingerprint density at radius 3 is 2.85 bits per heavy atom. The lowest BCUT2D eigenvalue weighted by Gasteiger charge is -2.20. The fourth-order valence-electron chi connectivity index (χ4n) is 3.45. The number of ether oxygens (including phenoxy) is 1. The SMILES string of the molecule is COC(=O)C1=CCC[C@H]2CC(Cc3ccccc3)C=C12. The van der Waals surface area contributed by atoms with Crippen LogP contribution in [0.5, 0.6) is 0 Å². The van der Waals surface area contributed by atoms with E-state index in [1.807, 2.05) is 6.08 Å². The first-order chi connectivity index (χ1) is 9.78. The van der Waals surface area contributed by atoms with Gasteiger partial charge in [-0.25, -0.2) is 4.79 Å². The third-order valence-electron chi connectivity index (χ3n) is 4.36. The van der Waals surface area contributed by atoms with Crippen LogP contribution in [0.15, 0.2) is 53.6 Å². The van der Waals surface area contributed by atoms with Gasteiger partial charge in [-0.15, -0.1) is 0 Å². The summed E-state index contributed by atoms with van der Waals surface area (Å²) in [6, 6.07) is 10.6. The molecule has 2 aliphatic carbocycles. The molecule has 2 aliphatic rings. The predicted molar refractivity (Wildman–Crippen MR) is 79.2 cm³/mol. The summed E-state index contributed by atoms with van der Waals surface area (Å²) in [4.78, 5) is 11.8. The van der Waals surface area contributed by atoms with Gasteiger partial charge in [0.1, 0.15) is 0 Å². The number of methoxy groups -OCH3 is 1. The Kier molecular flexibility index (Phi) is 3.72. The van der Waals surface area contributed by atoms with Crippen molar-refractivity contribution >= 4 is 5.97 Å². The maximum atomic E-state index is 11.8. The molecule has 0 fully saturated rings. The molecule has 1 aromatic carbocycles. The number of rotatable bonds is 3. The van der Waals surface area contributed by atoms with Crippen molar-refractivity contribution in [1.82, 2.24) is 0 Å². The van der Waals surface area contributed by atoms with Crippen molar-refractivity contribution in [2.75, 3.05) is 7.11 Å². The van der Waals surface area contributed by atoms with Crippen LogP contribution in [0.4, 0.5) is 0 Å². The summed E-state index contributed by atoms with van der Waals surface area (Å²) in [5.41, 5.74) is 3.40. The molecule has 0 spiro atoms. The highest BCUT2D eigenvalue weighted by Crippen LogP contribution is 2.42. The molecule has 0 aromatic heterocycles. The molecule has 1 aromatic rings. The number of hydrogen-bond donors (Lipinski definition) is 0. The zero-order valence-electron chi connectivity index (χ0n) is 11.8. The zero-order valence-corrected chi connectivity index (χ0v) is 11.8. The van der Waals surface area contributed by atoms with Crippen LogP contribution in [0.25, 0.3) is 0 Å². The molecule has 0 aliphatic heterocycles. The first-order valence-electron chi connectivity index (χ1n) is 7.32. The summed E-state index contributed by atoms with van der Waals surface area (Å²) in [6.45, 7) is 0. The van der Waals surface area contributed by atoms with Gasteiger partial charge in [-0.1, -0.05) is 42.5 Å². The van der Waals surface area contributed by atoms with Gasteiger partial charge in [0.2, 0.25) is 0 Å². The van der Waals surface area contributed by atoms with Crippen molar-refractivity contribution in [1.29, 1.82) is 0 Å². The summed E-state index contributed by atoms with van der Waals surface area (Å²) in [5.74, 6) is 0.910.